The minimum Gasteiger partial charge on any atom is -0.478 e. The van der Waals surface area contributed by atoms with Gasteiger partial charge in [0.05, 0.1) is 5.56 Å². The molecular weight excluding hydrogens is 268 g/mol. The van der Waals surface area contributed by atoms with E-state index in [0.717, 1.165) is 12.8 Å². The van der Waals surface area contributed by atoms with Crippen molar-refractivity contribution in [3.05, 3.63) is 35.4 Å². The highest BCUT2D eigenvalue weighted by molar-refractivity contribution is 5.96. The summed E-state index contributed by atoms with van der Waals surface area (Å²) in [7, 11) is 0. The zero-order chi connectivity index (χ0) is 15.2. The van der Waals surface area contributed by atoms with Gasteiger partial charge in [0.15, 0.2) is 0 Å². The average Bonchev–Trinajstić information content (AvgIpc) is 2.53. The molecule has 5 heteroatoms. The lowest BCUT2D eigenvalue weighted by molar-refractivity contribution is 0.0696. The van der Waals surface area contributed by atoms with Crippen LogP contribution in [0.2, 0.25) is 0 Å². The summed E-state index contributed by atoms with van der Waals surface area (Å²) in [6, 6.07) is 5.95. The van der Waals surface area contributed by atoms with Crippen molar-refractivity contribution in [2.75, 3.05) is 6.54 Å². The molecule has 1 fully saturated rings. The first-order valence-electron chi connectivity index (χ1n) is 7.46. The van der Waals surface area contributed by atoms with Crippen LogP contribution < -0.4 is 11.1 Å². The van der Waals surface area contributed by atoms with Crippen molar-refractivity contribution in [1.82, 2.24) is 5.32 Å². The van der Waals surface area contributed by atoms with E-state index in [1.807, 2.05) is 0 Å². The Balaban J connectivity index is 1.99. The highest BCUT2D eigenvalue weighted by Crippen LogP contribution is 2.26. The van der Waals surface area contributed by atoms with Crippen LogP contribution in [0.25, 0.3) is 0 Å². The second-order valence-electron chi connectivity index (χ2n) is 5.60. The highest BCUT2D eigenvalue weighted by atomic mass is 16.4. The van der Waals surface area contributed by atoms with Gasteiger partial charge in [-0.3, -0.25) is 4.79 Å². The molecule has 0 aliphatic heterocycles. The predicted molar refractivity (Wildman–Crippen MR) is 80.3 cm³/mol. The summed E-state index contributed by atoms with van der Waals surface area (Å²) in [6.45, 7) is 0.434. The van der Waals surface area contributed by atoms with Crippen molar-refractivity contribution < 1.29 is 14.7 Å². The summed E-state index contributed by atoms with van der Waals surface area (Å²) in [5.41, 5.74) is 6.44. The molecule has 114 valence electrons. The summed E-state index contributed by atoms with van der Waals surface area (Å²) < 4.78 is 0. The molecule has 1 aliphatic rings. The van der Waals surface area contributed by atoms with Crippen LogP contribution in [0.15, 0.2) is 24.3 Å². The van der Waals surface area contributed by atoms with E-state index < -0.39 is 5.97 Å². The largest absolute Gasteiger partial charge is 0.478 e. The van der Waals surface area contributed by atoms with Crippen molar-refractivity contribution in [2.45, 2.75) is 38.1 Å². The fourth-order valence-corrected chi connectivity index (χ4v) is 2.92. The second-order valence-corrected chi connectivity index (χ2v) is 5.60. The molecule has 2 rings (SSSR count). The van der Waals surface area contributed by atoms with Crippen LogP contribution in [0.5, 0.6) is 0 Å². The molecule has 0 saturated heterocycles. The Bertz CT molecular complexity index is 493. The van der Waals surface area contributed by atoms with Gasteiger partial charge in [-0.25, -0.2) is 4.79 Å². The highest BCUT2D eigenvalue weighted by Gasteiger charge is 2.24. The number of carbonyl (C=O) groups is 2. The summed E-state index contributed by atoms with van der Waals surface area (Å²) in [5, 5.41) is 11.8. The van der Waals surface area contributed by atoms with E-state index in [1.54, 1.807) is 0 Å². The van der Waals surface area contributed by atoms with E-state index >= 15 is 0 Å². The fourth-order valence-electron chi connectivity index (χ4n) is 2.92. The number of nitrogens with one attached hydrogen (secondary N) is 1. The second kappa shape index (κ2) is 7.22. The molecule has 4 N–H and O–H groups in total. The van der Waals surface area contributed by atoms with Crippen LogP contribution in [-0.2, 0) is 0 Å². The van der Waals surface area contributed by atoms with Gasteiger partial charge in [-0.1, -0.05) is 19.3 Å². The van der Waals surface area contributed by atoms with Gasteiger partial charge in [-0.2, -0.15) is 0 Å². The maximum absolute atomic E-state index is 12.2. The first kappa shape index (κ1) is 15.5. The lowest BCUT2D eigenvalue weighted by atomic mass is 9.84. The number of hydrogen-bond acceptors (Lipinski definition) is 3. The van der Waals surface area contributed by atoms with Gasteiger partial charge in [-0.15, -0.1) is 0 Å². The molecule has 0 bridgehead atoms. The quantitative estimate of drug-likeness (QED) is 0.773. The monoisotopic (exact) mass is 290 g/mol. The van der Waals surface area contributed by atoms with Crippen molar-refractivity contribution in [3.63, 3.8) is 0 Å². The molecule has 21 heavy (non-hydrogen) atoms. The van der Waals surface area contributed by atoms with Crippen LogP contribution in [0.3, 0.4) is 0 Å². The minimum absolute atomic E-state index is 0.00282. The number of carboxylic acids is 1. The molecular formula is C16H22N2O3. The Morgan fingerprint density at radius 2 is 1.71 bits per heavy atom. The van der Waals surface area contributed by atoms with Gasteiger partial charge in [0, 0.05) is 18.2 Å². The predicted octanol–water partition coefficient (Wildman–Crippen LogP) is 2.02. The Labute approximate surface area is 124 Å². The minimum atomic E-state index is -0.996. The van der Waals surface area contributed by atoms with E-state index in [2.05, 4.69) is 5.32 Å². The van der Waals surface area contributed by atoms with Gasteiger partial charge >= 0.3 is 5.97 Å². The van der Waals surface area contributed by atoms with Crippen molar-refractivity contribution in [3.8, 4) is 0 Å². The number of nitrogens with two attached hydrogens (primary N) is 1. The van der Waals surface area contributed by atoms with Gasteiger partial charge in [0.1, 0.15) is 0 Å². The first-order valence-corrected chi connectivity index (χ1v) is 7.46. The van der Waals surface area contributed by atoms with Gasteiger partial charge in [-0.05, 0) is 43.0 Å². The molecule has 1 saturated carbocycles. The Hall–Kier alpha value is -1.88. The number of amides is 1. The van der Waals surface area contributed by atoms with Gasteiger partial charge < -0.3 is 16.2 Å². The lowest BCUT2D eigenvalue weighted by Gasteiger charge is -2.30. The summed E-state index contributed by atoms with van der Waals surface area (Å²) in [4.78, 5) is 23.0. The van der Waals surface area contributed by atoms with Crippen LogP contribution in [0.1, 0.15) is 52.8 Å². The molecule has 1 aliphatic carbocycles. The van der Waals surface area contributed by atoms with E-state index in [4.69, 9.17) is 10.8 Å². The SMILES string of the molecule is NCC(NC(=O)c1ccc(C(=O)O)cc1)C1CCCCC1. The Morgan fingerprint density at radius 1 is 1.14 bits per heavy atom. The maximum atomic E-state index is 12.2. The average molecular weight is 290 g/mol. The van der Waals surface area contributed by atoms with E-state index in [-0.39, 0.29) is 17.5 Å². The first-order chi connectivity index (χ1) is 10.1. The van der Waals surface area contributed by atoms with Crippen LogP contribution >= 0.6 is 0 Å². The smallest absolute Gasteiger partial charge is 0.335 e. The Morgan fingerprint density at radius 3 is 2.24 bits per heavy atom. The van der Waals surface area contributed by atoms with Crippen LogP contribution in [-0.4, -0.2) is 29.6 Å². The fraction of sp³-hybridized carbons (Fsp3) is 0.500. The molecule has 1 aromatic carbocycles. The lowest BCUT2D eigenvalue weighted by Crippen LogP contribution is -2.45. The molecule has 0 spiro atoms. The molecule has 1 atom stereocenters. The molecule has 0 heterocycles. The standard InChI is InChI=1S/C16H22N2O3/c17-10-14(11-4-2-1-3-5-11)18-15(19)12-6-8-13(9-7-12)16(20)21/h6-9,11,14H,1-5,10,17H2,(H,18,19)(H,20,21). The zero-order valence-electron chi connectivity index (χ0n) is 12.0. The van der Waals surface area contributed by atoms with Crippen molar-refractivity contribution >= 4 is 11.9 Å². The third kappa shape index (κ3) is 4.04. The van der Waals surface area contributed by atoms with Crippen molar-refractivity contribution in [1.29, 1.82) is 0 Å². The molecule has 1 amide bonds. The number of aromatic carboxylic acids is 1. The number of hydrogen-bond donors (Lipinski definition) is 3. The molecule has 0 aromatic heterocycles. The number of carboxylic acid groups (broad SMARTS) is 1. The van der Waals surface area contributed by atoms with Gasteiger partial charge in [0.2, 0.25) is 0 Å². The molecule has 1 aromatic rings. The summed E-state index contributed by atoms with van der Waals surface area (Å²) >= 11 is 0. The van der Waals surface area contributed by atoms with E-state index in [0.29, 0.717) is 18.0 Å². The van der Waals surface area contributed by atoms with Crippen molar-refractivity contribution in [2.24, 2.45) is 11.7 Å². The zero-order valence-corrected chi connectivity index (χ0v) is 12.0. The number of carbonyl (C=O) groups excluding carboxylic acids is 1. The number of benzene rings is 1. The topological polar surface area (TPSA) is 92.4 Å². The molecule has 1 unspecified atom stereocenters. The third-order valence-electron chi connectivity index (χ3n) is 4.18. The molecule has 0 radical (unpaired) electrons. The Kier molecular flexibility index (Phi) is 5.33. The summed E-state index contributed by atoms with van der Waals surface area (Å²) in [5.74, 6) is -0.733. The summed E-state index contributed by atoms with van der Waals surface area (Å²) in [6.07, 6.45) is 5.88. The third-order valence-corrected chi connectivity index (χ3v) is 4.18. The van der Waals surface area contributed by atoms with E-state index in [1.165, 1.54) is 43.5 Å². The van der Waals surface area contributed by atoms with Crippen LogP contribution in [0.4, 0.5) is 0 Å². The maximum Gasteiger partial charge on any atom is 0.335 e. The van der Waals surface area contributed by atoms with Crippen LogP contribution in [0, 0.1) is 5.92 Å². The number of rotatable bonds is 5. The van der Waals surface area contributed by atoms with E-state index in [9.17, 15) is 9.59 Å². The normalized spacial score (nSPS) is 17.2. The van der Waals surface area contributed by atoms with Gasteiger partial charge in [0.25, 0.3) is 5.91 Å². The molecule has 5 nitrogen and oxygen atoms in total.